The van der Waals surface area contributed by atoms with E-state index in [-0.39, 0.29) is 19.5 Å². The first-order valence-electron chi connectivity index (χ1n) is 8.26. The first-order chi connectivity index (χ1) is 13.2. The van der Waals surface area contributed by atoms with Crippen LogP contribution < -0.4 is 24.3 Å². The van der Waals surface area contributed by atoms with Crippen LogP contribution in [0.1, 0.15) is 15.2 Å². The number of carbonyl (C=O) groups is 1. The first-order valence-corrected chi connectivity index (χ1v) is 9.07. The molecule has 0 spiro atoms. The van der Waals surface area contributed by atoms with Crippen molar-refractivity contribution in [3.63, 3.8) is 0 Å². The number of thiazole rings is 1. The quantitative estimate of drug-likeness (QED) is 0.742. The number of hydrogen-bond acceptors (Lipinski definition) is 7. The number of amides is 1. The van der Waals surface area contributed by atoms with Crippen molar-refractivity contribution in [2.45, 2.75) is 6.92 Å². The molecule has 2 aromatic carbocycles. The number of carbonyl (C=O) groups excluding carboxylic acids is 1. The molecule has 1 aromatic heterocycles. The van der Waals surface area contributed by atoms with E-state index in [2.05, 4.69) is 10.3 Å². The molecule has 3 heterocycles. The van der Waals surface area contributed by atoms with Gasteiger partial charge < -0.3 is 18.9 Å². The Balaban J connectivity index is 1.39. The van der Waals surface area contributed by atoms with Crippen LogP contribution in [0, 0.1) is 6.92 Å². The molecule has 2 aliphatic rings. The molecule has 7 nitrogen and oxygen atoms in total. The van der Waals surface area contributed by atoms with E-state index in [1.807, 2.05) is 25.1 Å². The van der Waals surface area contributed by atoms with Crippen molar-refractivity contribution < 1.29 is 23.7 Å². The summed E-state index contributed by atoms with van der Waals surface area (Å²) in [6.07, 6.45) is 0. The lowest BCUT2D eigenvalue weighted by Gasteiger charge is -2.03. The largest absolute Gasteiger partial charge is 0.454 e. The molecular weight excluding hydrogens is 368 g/mol. The molecular formula is C19H14N2O5S. The Labute approximate surface area is 158 Å². The molecule has 5 rings (SSSR count). The molecule has 1 N–H and O–H groups in total. The van der Waals surface area contributed by atoms with Crippen molar-refractivity contribution in [3.05, 3.63) is 46.8 Å². The number of aryl methyl sites for hydroxylation is 1. The van der Waals surface area contributed by atoms with Gasteiger partial charge in [0.25, 0.3) is 5.91 Å². The Bertz CT molecular complexity index is 1060. The van der Waals surface area contributed by atoms with E-state index in [0.29, 0.717) is 27.9 Å². The third kappa shape index (κ3) is 2.83. The van der Waals surface area contributed by atoms with E-state index in [1.165, 1.54) is 11.3 Å². The lowest BCUT2D eigenvalue weighted by Crippen LogP contribution is -2.11. The highest BCUT2D eigenvalue weighted by Crippen LogP contribution is 2.38. The molecule has 8 heteroatoms. The van der Waals surface area contributed by atoms with Gasteiger partial charge in [-0.1, -0.05) is 0 Å². The van der Waals surface area contributed by atoms with Crippen LogP contribution >= 0.6 is 11.3 Å². The lowest BCUT2D eigenvalue weighted by atomic mass is 10.1. The van der Waals surface area contributed by atoms with Crippen LogP contribution in [0.4, 0.5) is 5.13 Å². The molecule has 0 fully saturated rings. The summed E-state index contributed by atoms with van der Waals surface area (Å²) in [5.41, 5.74) is 2.20. The van der Waals surface area contributed by atoms with Gasteiger partial charge in [0.15, 0.2) is 28.1 Å². The Morgan fingerprint density at radius 2 is 1.63 bits per heavy atom. The first kappa shape index (κ1) is 16.0. The number of nitrogens with one attached hydrogen (secondary N) is 1. The average Bonchev–Trinajstić information content (AvgIpc) is 3.39. The Morgan fingerprint density at radius 3 is 2.41 bits per heavy atom. The number of benzene rings is 2. The number of hydrogen-bond donors (Lipinski definition) is 1. The topological polar surface area (TPSA) is 78.9 Å². The molecule has 0 radical (unpaired) electrons. The van der Waals surface area contributed by atoms with Crippen LogP contribution in [0.25, 0.3) is 11.3 Å². The zero-order chi connectivity index (χ0) is 18.4. The van der Waals surface area contributed by atoms with E-state index in [4.69, 9.17) is 18.9 Å². The zero-order valence-electron chi connectivity index (χ0n) is 14.3. The summed E-state index contributed by atoms with van der Waals surface area (Å²) >= 11 is 1.42. The molecule has 0 aliphatic carbocycles. The maximum atomic E-state index is 12.5. The molecule has 0 atom stereocenters. The van der Waals surface area contributed by atoms with Gasteiger partial charge in [0.2, 0.25) is 13.6 Å². The number of nitrogens with zero attached hydrogens (tertiary/aromatic N) is 1. The Kier molecular flexibility index (Phi) is 3.64. The number of fused-ring (bicyclic) bond motifs is 2. The van der Waals surface area contributed by atoms with Gasteiger partial charge in [0.05, 0.1) is 5.69 Å². The number of rotatable bonds is 3. The molecule has 1 amide bonds. The molecule has 0 unspecified atom stereocenters. The fourth-order valence-electron chi connectivity index (χ4n) is 2.97. The van der Waals surface area contributed by atoms with E-state index in [1.54, 1.807) is 18.2 Å². The molecule has 136 valence electrons. The van der Waals surface area contributed by atoms with Crippen molar-refractivity contribution in [1.29, 1.82) is 0 Å². The molecule has 27 heavy (non-hydrogen) atoms. The monoisotopic (exact) mass is 382 g/mol. The van der Waals surface area contributed by atoms with Crippen molar-refractivity contribution in [3.8, 4) is 34.3 Å². The standard InChI is InChI=1S/C19H14N2O5S/c1-10-17(11-2-4-13-15(6-11)25-8-23-13)20-19(27-10)21-18(22)12-3-5-14-16(7-12)26-9-24-14/h2-7H,8-9H2,1H3,(H,20,21,22). The Morgan fingerprint density at radius 1 is 0.963 bits per heavy atom. The maximum absolute atomic E-state index is 12.5. The van der Waals surface area contributed by atoms with Crippen LogP contribution in [0.2, 0.25) is 0 Å². The van der Waals surface area contributed by atoms with Crippen LogP contribution in [0.5, 0.6) is 23.0 Å². The van der Waals surface area contributed by atoms with Gasteiger partial charge in [-0.25, -0.2) is 4.98 Å². The fourth-order valence-corrected chi connectivity index (χ4v) is 3.80. The molecule has 0 bridgehead atoms. The minimum absolute atomic E-state index is 0.172. The predicted molar refractivity (Wildman–Crippen MR) is 98.9 cm³/mol. The zero-order valence-corrected chi connectivity index (χ0v) is 15.1. The number of aromatic nitrogens is 1. The summed E-state index contributed by atoms with van der Waals surface area (Å²) in [6.45, 7) is 2.37. The smallest absolute Gasteiger partial charge is 0.257 e. The molecule has 2 aliphatic heterocycles. The summed E-state index contributed by atoms with van der Waals surface area (Å²) in [7, 11) is 0. The van der Waals surface area contributed by atoms with Gasteiger partial charge in [0, 0.05) is 16.0 Å². The molecule has 0 saturated heterocycles. The third-order valence-corrected chi connectivity index (χ3v) is 5.18. The van der Waals surface area contributed by atoms with Crippen LogP contribution in [0.3, 0.4) is 0 Å². The van der Waals surface area contributed by atoms with Gasteiger partial charge >= 0.3 is 0 Å². The number of anilines is 1. The average molecular weight is 382 g/mol. The fraction of sp³-hybridized carbons (Fsp3) is 0.158. The molecule has 3 aromatic rings. The minimum Gasteiger partial charge on any atom is -0.454 e. The van der Waals surface area contributed by atoms with Crippen LogP contribution in [-0.2, 0) is 0 Å². The van der Waals surface area contributed by atoms with Crippen molar-refractivity contribution in [2.24, 2.45) is 0 Å². The summed E-state index contributed by atoms with van der Waals surface area (Å²) in [4.78, 5) is 18.1. The maximum Gasteiger partial charge on any atom is 0.257 e. The highest BCUT2D eigenvalue weighted by atomic mass is 32.1. The van der Waals surface area contributed by atoms with Gasteiger partial charge in [-0.15, -0.1) is 11.3 Å². The van der Waals surface area contributed by atoms with E-state index >= 15 is 0 Å². The molecule has 0 saturated carbocycles. The van der Waals surface area contributed by atoms with Crippen molar-refractivity contribution in [1.82, 2.24) is 4.98 Å². The highest BCUT2D eigenvalue weighted by Gasteiger charge is 2.19. The summed E-state index contributed by atoms with van der Waals surface area (Å²) in [6, 6.07) is 10.8. The summed E-state index contributed by atoms with van der Waals surface area (Å²) in [5, 5.41) is 3.38. The van der Waals surface area contributed by atoms with Crippen molar-refractivity contribution >= 4 is 22.4 Å². The second kappa shape index (κ2) is 6.17. The van der Waals surface area contributed by atoms with E-state index in [9.17, 15) is 4.79 Å². The Hall–Kier alpha value is -3.26. The van der Waals surface area contributed by atoms with Gasteiger partial charge in [0.1, 0.15) is 0 Å². The minimum atomic E-state index is -0.251. The van der Waals surface area contributed by atoms with E-state index in [0.717, 1.165) is 21.9 Å². The number of ether oxygens (including phenoxy) is 4. The summed E-state index contributed by atoms with van der Waals surface area (Å²) in [5.74, 6) is 2.38. The lowest BCUT2D eigenvalue weighted by molar-refractivity contribution is 0.102. The predicted octanol–water partition coefficient (Wildman–Crippen LogP) is 3.83. The van der Waals surface area contributed by atoms with Crippen molar-refractivity contribution in [2.75, 3.05) is 18.9 Å². The SMILES string of the molecule is Cc1sc(NC(=O)c2ccc3c(c2)OCO3)nc1-c1ccc2c(c1)OCO2. The highest BCUT2D eigenvalue weighted by molar-refractivity contribution is 7.16. The second-order valence-corrected chi connectivity index (χ2v) is 7.22. The van der Waals surface area contributed by atoms with E-state index < -0.39 is 0 Å². The van der Waals surface area contributed by atoms with Crippen LogP contribution in [0.15, 0.2) is 36.4 Å². The van der Waals surface area contributed by atoms with Gasteiger partial charge in [-0.3, -0.25) is 10.1 Å². The van der Waals surface area contributed by atoms with Gasteiger partial charge in [-0.05, 0) is 43.3 Å². The normalized spacial score (nSPS) is 13.7. The second-order valence-electron chi connectivity index (χ2n) is 6.01. The van der Waals surface area contributed by atoms with Crippen LogP contribution in [-0.4, -0.2) is 24.5 Å². The van der Waals surface area contributed by atoms with Gasteiger partial charge in [-0.2, -0.15) is 0 Å². The summed E-state index contributed by atoms with van der Waals surface area (Å²) < 4.78 is 21.4. The third-order valence-electron chi connectivity index (χ3n) is 4.30.